The van der Waals surface area contributed by atoms with E-state index < -0.39 is 0 Å². The van der Waals surface area contributed by atoms with Gasteiger partial charge in [0.05, 0.1) is 0 Å². The predicted octanol–water partition coefficient (Wildman–Crippen LogP) is 2.80. The van der Waals surface area contributed by atoms with Gasteiger partial charge in [0.2, 0.25) is 0 Å². The monoisotopic (exact) mass is 242 g/mol. The maximum absolute atomic E-state index is 4.32. The molecular formula is C14H18N4. The third-order valence-corrected chi connectivity index (χ3v) is 3.46. The molecule has 0 spiro atoms. The number of nitrogens with zero attached hydrogens (tertiary/aromatic N) is 3. The van der Waals surface area contributed by atoms with E-state index in [-0.39, 0.29) is 0 Å². The van der Waals surface area contributed by atoms with Gasteiger partial charge in [0, 0.05) is 23.8 Å². The van der Waals surface area contributed by atoms with Gasteiger partial charge in [-0.15, -0.1) is 10.2 Å². The molecule has 1 aliphatic rings. The highest BCUT2D eigenvalue weighted by molar-refractivity contribution is 5.67. The van der Waals surface area contributed by atoms with E-state index in [4.69, 9.17) is 0 Å². The van der Waals surface area contributed by atoms with Gasteiger partial charge in [0.15, 0.2) is 5.82 Å². The lowest BCUT2D eigenvalue weighted by atomic mass is 10.1. The smallest absolute Gasteiger partial charge is 0.164 e. The summed E-state index contributed by atoms with van der Waals surface area (Å²) in [4.78, 5) is 0. The molecule has 0 saturated heterocycles. The van der Waals surface area contributed by atoms with Crippen LogP contribution in [0.4, 0.5) is 5.69 Å². The van der Waals surface area contributed by atoms with Crippen molar-refractivity contribution in [3.8, 4) is 11.4 Å². The SMILES string of the molecule is Cc1nnc(-c2ccc3c(c2)NCC3)n1C(C)C. The second-order valence-electron chi connectivity index (χ2n) is 5.08. The number of nitrogens with one attached hydrogen (secondary N) is 1. The highest BCUT2D eigenvalue weighted by atomic mass is 15.3. The molecule has 0 atom stereocenters. The van der Waals surface area contributed by atoms with Crippen LogP contribution in [0.3, 0.4) is 0 Å². The van der Waals surface area contributed by atoms with E-state index in [1.54, 1.807) is 0 Å². The molecule has 0 fully saturated rings. The van der Waals surface area contributed by atoms with Gasteiger partial charge in [0.1, 0.15) is 5.82 Å². The Bertz CT molecular complexity index is 583. The summed E-state index contributed by atoms with van der Waals surface area (Å²) in [6.45, 7) is 7.35. The van der Waals surface area contributed by atoms with Crippen LogP contribution in [-0.4, -0.2) is 21.3 Å². The van der Waals surface area contributed by atoms with Gasteiger partial charge in [-0.05, 0) is 38.8 Å². The zero-order chi connectivity index (χ0) is 12.7. The van der Waals surface area contributed by atoms with Gasteiger partial charge in [-0.1, -0.05) is 12.1 Å². The molecule has 4 nitrogen and oxygen atoms in total. The molecule has 1 aromatic heterocycles. The van der Waals surface area contributed by atoms with Crippen molar-refractivity contribution in [3.63, 3.8) is 0 Å². The van der Waals surface area contributed by atoms with Crippen LogP contribution in [0, 0.1) is 6.92 Å². The number of aryl methyl sites for hydroxylation is 1. The molecule has 0 bridgehead atoms. The lowest BCUT2D eigenvalue weighted by Crippen LogP contribution is -2.05. The molecule has 18 heavy (non-hydrogen) atoms. The number of rotatable bonds is 2. The zero-order valence-electron chi connectivity index (χ0n) is 11.1. The van der Waals surface area contributed by atoms with E-state index in [2.05, 4.69) is 52.1 Å². The fourth-order valence-corrected chi connectivity index (χ4v) is 2.61. The van der Waals surface area contributed by atoms with Crippen molar-refractivity contribution in [2.24, 2.45) is 0 Å². The minimum absolute atomic E-state index is 0.371. The van der Waals surface area contributed by atoms with Crippen molar-refractivity contribution in [2.45, 2.75) is 33.2 Å². The molecule has 2 heterocycles. The minimum Gasteiger partial charge on any atom is -0.384 e. The Kier molecular flexibility index (Phi) is 2.58. The topological polar surface area (TPSA) is 42.7 Å². The first-order valence-corrected chi connectivity index (χ1v) is 6.45. The summed E-state index contributed by atoms with van der Waals surface area (Å²) in [5, 5.41) is 11.9. The molecule has 0 amide bonds. The van der Waals surface area contributed by atoms with Crippen molar-refractivity contribution in [2.75, 3.05) is 11.9 Å². The molecule has 2 aromatic rings. The molecule has 0 radical (unpaired) electrons. The number of hydrogen-bond acceptors (Lipinski definition) is 3. The van der Waals surface area contributed by atoms with E-state index in [9.17, 15) is 0 Å². The summed E-state index contributed by atoms with van der Waals surface area (Å²) in [6.07, 6.45) is 1.12. The van der Waals surface area contributed by atoms with Crippen LogP contribution in [0.25, 0.3) is 11.4 Å². The molecule has 3 rings (SSSR count). The van der Waals surface area contributed by atoms with Crippen molar-refractivity contribution in [1.82, 2.24) is 14.8 Å². The van der Waals surface area contributed by atoms with E-state index in [1.807, 2.05) is 6.92 Å². The first kappa shape index (κ1) is 11.3. The summed E-state index contributed by atoms with van der Waals surface area (Å²) < 4.78 is 2.18. The van der Waals surface area contributed by atoms with E-state index in [1.165, 1.54) is 11.3 Å². The summed E-state index contributed by atoms with van der Waals surface area (Å²) >= 11 is 0. The van der Waals surface area contributed by atoms with Crippen LogP contribution in [0.15, 0.2) is 18.2 Å². The van der Waals surface area contributed by atoms with Crippen LogP contribution < -0.4 is 5.32 Å². The van der Waals surface area contributed by atoms with Crippen LogP contribution in [-0.2, 0) is 6.42 Å². The standard InChI is InChI=1S/C14H18N4/c1-9(2)18-10(3)16-17-14(18)12-5-4-11-6-7-15-13(11)8-12/h4-5,8-9,15H,6-7H2,1-3H3. The average molecular weight is 242 g/mol. The summed E-state index contributed by atoms with van der Waals surface area (Å²) in [5.74, 6) is 1.92. The first-order valence-electron chi connectivity index (χ1n) is 6.45. The molecule has 1 N–H and O–H groups in total. The molecule has 0 aliphatic carbocycles. The van der Waals surface area contributed by atoms with Crippen molar-refractivity contribution < 1.29 is 0 Å². The molecule has 94 valence electrons. The van der Waals surface area contributed by atoms with E-state index in [0.717, 1.165) is 30.2 Å². The van der Waals surface area contributed by atoms with Gasteiger partial charge in [-0.3, -0.25) is 0 Å². The minimum atomic E-state index is 0.371. The number of fused-ring (bicyclic) bond motifs is 1. The fourth-order valence-electron chi connectivity index (χ4n) is 2.61. The Morgan fingerprint density at radius 3 is 2.89 bits per heavy atom. The summed E-state index contributed by atoms with van der Waals surface area (Å²) in [7, 11) is 0. The normalized spacial score (nSPS) is 13.8. The van der Waals surface area contributed by atoms with Crippen molar-refractivity contribution in [3.05, 3.63) is 29.6 Å². The van der Waals surface area contributed by atoms with Crippen LogP contribution in [0.2, 0.25) is 0 Å². The second kappa shape index (κ2) is 4.12. The van der Waals surface area contributed by atoms with E-state index in [0.29, 0.717) is 6.04 Å². The van der Waals surface area contributed by atoms with Gasteiger partial charge in [-0.2, -0.15) is 0 Å². The zero-order valence-corrected chi connectivity index (χ0v) is 11.1. The Hall–Kier alpha value is -1.84. The molecule has 4 heteroatoms. The number of aromatic nitrogens is 3. The highest BCUT2D eigenvalue weighted by Gasteiger charge is 2.16. The van der Waals surface area contributed by atoms with Gasteiger partial charge in [0.25, 0.3) is 0 Å². The second-order valence-corrected chi connectivity index (χ2v) is 5.08. The highest BCUT2D eigenvalue weighted by Crippen LogP contribution is 2.29. The quantitative estimate of drug-likeness (QED) is 0.880. The van der Waals surface area contributed by atoms with Crippen molar-refractivity contribution >= 4 is 5.69 Å². The van der Waals surface area contributed by atoms with Gasteiger partial charge < -0.3 is 9.88 Å². The molecule has 1 aromatic carbocycles. The maximum Gasteiger partial charge on any atom is 0.164 e. The predicted molar refractivity (Wildman–Crippen MR) is 72.8 cm³/mol. The van der Waals surface area contributed by atoms with Gasteiger partial charge in [-0.25, -0.2) is 0 Å². The third kappa shape index (κ3) is 1.68. The first-order chi connectivity index (χ1) is 8.66. The molecule has 1 aliphatic heterocycles. The average Bonchev–Trinajstić information content (AvgIpc) is 2.93. The summed E-state index contributed by atoms with van der Waals surface area (Å²) in [6, 6.07) is 6.90. The lowest BCUT2D eigenvalue weighted by Gasteiger charge is -2.13. The number of anilines is 1. The summed E-state index contributed by atoms with van der Waals surface area (Å²) in [5.41, 5.74) is 3.77. The van der Waals surface area contributed by atoms with Gasteiger partial charge >= 0.3 is 0 Å². The Morgan fingerprint density at radius 2 is 2.11 bits per heavy atom. The Balaban J connectivity index is 2.10. The largest absolute Gasteiger partial charge is 0.384 e. The Labute approximate surface area is 107 Å². The van der Waals surface area contributed by atoms with Crippen molar-refractivity contribution in [1.29, 1.82) is 0 Å². The molecular weight excluding hydrogens is 224 g/mol. The van der Waals surface area contributed by atoms with Crippen LogP contribution in [0.1, 0.15) is 31.3 Å². The van der Waals surface area contributed by atoms with E-state index >= 15 is 0 Å². The van der Waals surface area contributed by atoms with Crippen LogP contribution in [0.5, 0.6) is 0 Å². The molecule has 0 saturated carbocycles. The number of hydrogen-bond donors (Lipinski definition) is 1. The number of benzene rings is 1. The Morgan fingerprint density at radius 1 is 1.28 bits per heavy atom. The van der Waals surface area contributed by atoms with Crippen LogP contribution >= 0.6 is 0 Å². The maximum atomic E-state index is 4.32. The fraction of sp³-hybridized carbons (Fsp3) is 0.429. The molecule has 0 unspecified atom stereocenters. The third-order valence-electron chi connectivity index (χ3n) is 3.46. The lowest BCUT2D eigenvalue weighted by molar-refractivity contribution is 0.587.